The predicted octanol–water partition coefficient (Wildman–Crippen LogP) is 2.66. The summed E-state index contributed by atoms with van der Waals surface area (Å²) in [5.41, 5.74) is 0.437. The molecule has 0 spiro atoms. The van der Waals surface area contributed by atoms with E-state index in [9.17, 15) is 13.6 Å². The van der Waals surface area contributed by atoms with E-state index in [0.717, 1.165) is 6.07 Å². The van der Waals surface area contributed by atoms with E-state index in [-0.39, 0.29) is 9.13 Å². The van der Waals surface area contributed by atoms with E-state index in [4.69, 9.17) is 0 Å². The number of aryl methyl sites for hydroxylation is 1. The second-order valence-corrected chi connectivity index (χ2v) is 3.75. The van der Waals surface area contributed by atoms with E-state index in [1.165, 1.54) is 14.0 Å². The maximum absolute atomic E-state index is 13.1. The topological polar surface area (TPSA) is 26.3 Å². The van der Waals surface area contributed by atoms with Crippen LogP contribution in [0.5, 0.6) is 0 Å². The third-order valence-corrected chi connectivity index (χ3v) is 2.76. The van der Waals surface area contributed by atoms with Gasteiger partial charge in [-0.2, -0.15) is 0 Å². The van der Waals surface area contributed by atoms with Crippen LogP contribution < -0.4 is 0 Å². The van der Waals surface area contributed by atoms with Gasteiger partial charge in [0.25, 0.3) is 0 Å². The van der Waals surface area contributed by atoms with Crippen LogP contribution in [0.1, 0.15) is 15.9 Å². The highest BCUT2D eigenvalue weighted by molar-refractivity contribution is 14.1. The van der Waals surface area contributed by atoms with Crippen LogP contribution in [0.25, 0.3) is 0 Å². The SMILES string of the molecule is COC(=O)c1c(C)cc(F)c(F)c1I. The van der Waals surface area contributed by atoms with Crippen molar-refractivity contribution in [2.24, 2.45) is 0 Å². The van der Waals surface area contributed by atoms with Crippen molar-refractivity contribution in [1.29, 1.82) is 0 Å². The summed E-state index contributed by atoms with van der Waals surface area (Å²) in [6.45, 7) is 1.52. The van der Waals surface area contributed by atoms with Crippen LogP contribution in [-0.4, -0.2) is 13.1 Å². The lowest BCUT2D eigenvalue weighted by molar-refractivity contribution is 0.0598. The number of esters is 1. The molecule has 0 saturated heterocycles. The van der Waals surface area contributed by atoms with Gasteiger partial charge in [-0.1, -0.05) is 0 Å². The second-order valence-electron chi connectivity index (χ2n) is 2.67. The average molecular weight is 312 g/mol. The number of methoxy groups -OCH3 is 1. The Bertz CT molecular complexity index is 391. The van der Waals surface area contributed by atoms with Crippen molar-refractivity contribution in [3.63, 3.8) is 0 Å². The van der Waals surface area contributed by atoms with Crippen LogP contribution in [0.3, 0.4) is 0 Å². The van der Waals surface area contributed by atoms with E-state index in [2.05, 4.69) is 4.74 Å². The van der Waals surface area contributed by atoms with Gasteiger partial charge in [-0.05, 0) is 41.1 Å². The zero-order valence-electron chi connectivity index (χ0n) is 7.53. The van der Waals surface area contributed by atoms with E-state index >= 15 is 0 Å². The van der Waals surface area contributed by atoms with E-state index in [1.807, 2.05) is 0 Å². The molecule has 0 fully saturated rings. The number of ether oxygens (including phenoxy) is 1. The van der Waals surface area contributed by atoms with Gasteiger partial charge in [-0.3, -0.25) is 0 Å². The molecule has 0 aromatic heterocycles. The molecule has 0 atom stereocenters. The summed E-state index contributed by atoms with van der Waals surface area (Å²) in [6, 6.07) is 0.976. The van der Waals surface area contributed by atoms with Gasteiger partial charge in [0, 0.05) is 0 Å². The maximum Gasteiger partial charge on any atom is 0.339 e. The molecule has 0 saturated carbocycles. The maximum atomic E-state index is 13.1. The molecule has 5 heteroatoms. The van der Waals surface area contributed by atoms with Crippen molar-refractivity contribution < 1.29 is 18.3 Å². The lowest BCUT2D eigenvalue weighted by atomic mass is 10.1. The summed E-state index contributed by atoms with van der Waals surface area (Å²) < 4.78 is 30.3. The molecular weight excluding hydrogens is 305 g/mol. The molecule has 1 aromatic rings. The first-order chi connectivity index (χ1) is 6.49. The quantitative estimate of drug-likeness (QED) is 0.453. The Labute approximate surface area is 93.4 Å². The normalized spacial score (nSPS) is 10.1. The molecule has 1 rings (SSSR count). The van der Waals surface area contributed by atoms with E-state index in [1.54, 1.807) is 22.6 Å². The van der Waals surface area contributed by atoms with Crippen LogP contribution in [0, 0.1) is 22.1 Å². The smallest absolute Gasteiger partial charge is 0.339 e. The third kappa shape index (κ3) is 1.87. The number of benzene rings is 1. The lowest BCUT2D eigenvalue weighted by Crippen LogP contribution is -2.09. The molecular formula is C9H7F2IO2. The zero-order valence-corrected chi connectivity index (χ0v) is 9.69. The number of rotatable bonds is 1. The second kappa shape index (κ2) is 4.20. The highest BCUT2D eigenvalue weighted by Gasteiger charge is 2.20. The van der Waals surface area contributed by atoms with Crippen molar-refractivity contribution in [2.45, 2.75) is 6.92 Å². The monoisotopic (exact) mass is 312 g/mol. The molecule has 0 aliphatic rings. The Hall–Kier alpha value is -0.720. The Morgan fingerprint density at radius 1 is 1.50 bits per heavy atom. The Balaban J connectivity index is 3.44. The van der Waals surface area contributed by atoms with Crippen LogP contribution >= 0.6 is 22.6 Å². The van der Waals surface area contributed by atoms with Gasteiger partial charge in [0.1, 0.15) is 0 Å². The first kappa shape index (κ1) is 11.4. The molecule has 2 nitrogen and oxygen atoms in total. The Morgan fingerprint density at radius 3 is 2.57 bits per heavy atom. The first-order valence-corrected chi connectivity index (χ1v) is 4.79. The molecule has 0 heterocycles. The zero-order chi connectivity index (χ0) is 10.9. The summed E-state index contributed by atoms with van der Waals surface area (Å²) in [5, 5.41) is 0. The fourth-order valence-corrected chi connectivity index (χ4v) is 1.97. The van der Waals surface area contributed by atoms with Crippen molar-refractivity contribution in [3.05, 3.63) is 32.4 Å². The number of hydrogen-bond donors (Lipinski definition) is 0. The minimum Gasteiger partial charge on any atom is -0.465 e. The van der Waals surface area contributed by atoms with Gasteiger partial charge in [-0.15, -0.1) is 0 Å². The summed E-state index contributed by atoms with van der Waals surface area (Å²) in [4.78, 5) is 11.2. The molecule has 0 radical (unpaired) electrons. The fraction of sp³-hybridized carbons (Fsp3) is 0.222. The minimum atomic E-state index is -1.02. The number of carbonyl (C=O) groups excluding carboxylic acids is 1. The summed E-state index contributed by atoms with van der Waals surface area (Å²) in [6.07, 6.45) is 0. The average Bonchev–Trinajstić information content (AvgIpc) is 2.14. The Morgan fingerprint density at radius 2 is 2.07 bits per heavy atom. The van der Waals surface area contributed by atoms with Gasteiger partial charge in [0.2, 0.25) is 0 Å². The van der Waals surface area contributed by atoms with Crippen molar-refractivity contribution >= 4 is 28.6 Å². The van der Waals surface area contributed by atoms with Crippen LogP contribution in [0.15, 0.2) is 6.07 Å². The van der Waals surface area contributed by atoms with Crippen molar-refractivity contribution in [1.82, 2.24) is 0 Å². The molecule has 0 N–H and O–H groups in total. The van der Waals surface area contributed by atoms with Gasteiger partial charge in [0.05, 0.1) is 16.2 Å². The number of halogens is 3. The highest BCUT2D eigenvalue weighted by atomic mass is 127. The van der Waals surface area contributed by atoms with Crippen LogP contribution in [-0.2, 0) is 4.74 Å². The molecule has 0 aliphatic heterocycles. The van der Waals surface area contributed by atoms with Crippen molar-refractivity contribution in [3.8, 4) is 0 Å². The van der Waals surface area contributed by atoms with Crippen LogP contribution in [0.4, 0.5) is 8.78 Å². The van der Waals surface area contributed by atoms with Gasteiger partial charge in [0.15, 0.2) is 11.6 Å². The molecule has 0 aliphatic carbocycles. The first-order valence-electron chi connectivity index (χ1n) is 3.71. The number of carbonyl (C=O) groups is 1. The summed E-state index contributed by atoms with van der Waals surface area (Å²) in [7, 11) is 1.19. The largest absolute Gasteiger partial charge is 0.465 e. The van der Waals surface area contributed by atoms with E-state index in [0.29, 0.717) is 5.56 Å². The van der Waals surface area contributed by atoms with E-state index < -0.39 is 17.6 Å². The molecule has 0 unspecified atom stereocenters. The lowest BCUT2D eigenvalue weighted by Gasteiger charge is -2.07. The highest BCUT2D eigenvalue weighted by Crippen LogP contribution is 2.23. The summed E-state index contributed by atoms with van der Waals surface area (Å²) >= 11 is 1.58. The minimum absolute atomic E-state index is 0.0491. The Kier molecular flexibility index (Phi) is 3.41. The standard InChI is InChI=1S/C9H7F2IO2/c1-4-3-5(10)7(11)8(12)6(4)9(13)14-2/h3H,1-2H3. The van der Waals surface area contributed by atoms with Gasteiger partial charge >= 0.3 is 5.97 Å². The van der Waals surface area contributed by atoms with Crippen molar-refractivity contribution in [2.75, 3.05) is 7.11 Å². The van der Waals surface area contributed by atoms with Gasteiger partial charge in [-0.25, -0.2) is 13.6 Å². The van der Waals surface area contributed by atoms with Crippen LogP contribution in [0.2, 0.25) is 0 Å². The molecule has 0 amide bonds. The molecule has 14 heavy (non-hydrogen) atoms. The molecule has 0 bridgehead atoms. The molecule has 1 aromatic carbocycles. The molecule has 76 valence electrons. The summed E-state index contributed by atoms with van der Waals surface area (Å²) in [5.74, 6) is -2.64. The third-order valence-electron chi connectivity index (χ3n) is 1.75. The number of hydrogen-bond acceptors (Lipinski definition) is 2. The fourth-order valence-electron chi connectivity index (χ4n) is 1.07. The predicted molar refractivity (Wildman–Crippen MR) is 55.2 cm³/mol. The van der Waals surface area contributed by atoms with Gasteiger partial charge < -0.3 is 4.74 Å².